The monoisotopic (exact) mass is 609 g/mol. The highest BCUT2D eigenvalue weighted by atomic mass is 35.5. The molecular weight excluding hydrogens is 582 g/mol. The predicted molar refractivity (Wildman–Crippen MR) is 173 cm³/mol. The van der Waals surface area contributed by atoms with Crippen molar-refractivity contribution in [2.75, 3.05) is 9.80 Å². The first-order valence-electron chi connectivity index (χ1n) is 14.0. The van der Waals surface area contributed by atoms with Crippen LogP contribution in [0.2, 0.25) is 5.02 Å². The molecule has 2 atom stereocenters. The van der Waals surface area contributed by atoms with Gasteiger partial charge < -0.3 is 4.90 Å². The lowest BCUT2D eigenvalue weighted by Crippen LogP contribution is -2.47. The Labute approximate surface area is 258 Å². The molecule has 0 aliphatic carbocycles. The fourth-order valence-corrected chi connectivity index (χ4v) is 7.28. The zero-order valence-electron chi connectivity index (χ0n) is 23.6. The largest absolute Gasteiger partial charge is 0.305 e. The summed E-state index contributed by atoms with van der Waals surface area (Å²) in [5.41, 5.74) is 4.00. The van der Waals surface area contributed by atoms with Gasteiger partial charge in [-0.2, -0.15) is 0 Å². The highest BCUT2D eigenvalue weighted by molar-refractivity contribution is 7.21. The number of non-ortho nitro benzene ring substituents is 1. The number of nitrogens with zero attached hydrogens (tertiary/aromatic N) is 3. The van der Waals surface area contributed by atoms with Gasteiger partial charge in [0.05, 0.1) is 16.0 Å². The number of benzene rings is 4. The molecule has 1 aromatic heterocycles. The van der Waals surface area contributed by atoms with Crippen LogP contribution in [0, 0.1) is 10.1 Å². The second kappa shape index (κ2) is 11.6. The molecular formula is C34H28ClN3O4S. The van der Waals surface area contributed by atoms with Crippen molar-refractivity contribution in [1.82, 2.24) is 0 Å². The maximum absolute atomic E-state index is 14.5. The summed E-state index contributed by atoms with van der Waals surface area (Å²) in [6.07, 6.45) is 1.38. The van der Waals surface area contributed by atoms with E-state index in [1.54, 1.807) is 11.0 Å². The number of hydrogen-bond donors (Lipinski definition) is 0. The van der Waals surface area contributed by atoms with Gasteiger partial charge in [0, 0.05) is 45.2 Å². The first kappa shape index (κ1) is 28.6. The number of fused-ring (bicyclic) bond motifs is 2. The van der Waals surface area contributed by atoms with Crippen LogP contribution in [0.4, 0.5) is 17.1 Å². The van der Waals surface area contributed by atoms with E-state index in [2.05, 4.69) is 6.92 Å². The maximum Gasteiger partial charge on any atom is 0.270 e. The number of carbonyl (C=O) groups is 2. The van der Waals surface area contributed by atoms with Crippen molar-refractivity contribution in [3.05, 3.63) is 134 Å². The summed E-state index contributed by atoms with van der Waals surface area (Å²) >= 11 is 7.92. The number of hydrogen-bond acceptors (Lipinski definition) is 5. The molecule has 4 aromatic carbocycles. The molecule has 0 spiro atoms. The Morgan fingerprint density at radius 3 is 2.40 bits per heavy atom. The van der Waals surface area contributed by atoms with E-state index < -0.39 is 11.0 Å². The standard InChI is InChI=1S/C34H28ClN3O4S/c1-3-22-13-15-23(16-14-22)33(39)36-21(2)19-29(26-11-7-8-12-28(26)36)37(24-9-5-4-6-10-24)34(40)32-31(35)27-18-17-25(38(41)42)20-30(27)43-32/h4-18,20-21,29H,3,19H2,1-2H3/t21-,29+/m0/s1. The molecule has 0 bridgehead atoms. The molecule has 1 aliphatic heterocycles. The molecule has 43 heavy (non-hydrogen) atoms. The number of amides is 2. The molecule has 6 rings (SSSR count). The van der Waals surface area contributed by atoms with Gasteiger partial charge in [0.25, 0.3) is 17.5 Å². The van der Waals surface area contributed by atoms with Crippen molar-refractivity contribution >= 4 is 61.9 Å². The van der Waals surface area contributed by atoms with E-state index in [1.807, 2.05) is 90.7 Å². The Morgan fingerprint density at radius 2 is 1.70 bits per heavy atom. The summed E-state index contributed by atoms with van der Waals surface area (Å²) in [7, 11) is 0. The third-order valence-electron chi connectivity index (χ3n) is 7.97. The Kier molecular flexibility index (Phi) is 7.73. The minimum absolute atomic E-state index is 0.0616. The number of aryl methyl sites for hydroxylation is 1. The van der Waals surface area contributed by atoms with Crippen LogP contribution in [-0.4, -0.2) is 22.8 Å². The van der Waals surface area contributed by atoms with E-state index in [4.69, 9.17) is 11.6 Å². The number of para-hydroxylation sites is 2. The fourth-order valence-electron chi connectivity index (χ4n) is 5.80. The number of nitro benzene ring substituents is 1. The van der Waals surface area contributed by atoms with Crippen molar-refractivity contribution in [3.8, 4) is 0 Å². The average molecular weight is 610 g/mol. The molecule has 0 saturated carbocycles. The Hall–Kier alpha value is -4.53. The molecule has 0 fully saturated rings. The number of thiophene rings is 1. The first-order valence-corrected chi connectivity index (χ1v) is 15.2. The molecule has 9 heteroatoms. The number of nitro groups is 1. The van der Waals surface area contributed by atoms with Gasteiger partial charge in [-0.25, -0.2) is 0 Å². The minimum atomic E-state index is -0.462. The summed E-state index contributed by atoms with van der Waals surface area (Å²) in [6.45, 7) is 4.08. The quantitative estimate of drug-likeness (QED) is 0.142. The van der Waals surface area contributed by atoms with Crippen LogP contribution >= 0.6 is 22.9 Å². The minimum Gasteiger partial charge on any atom is -0.305 e. The van der Waals surface area contributed by atoms with Gasteiger partial charge in [-0.15, -0.1) is 11.3 Å². The Bertz CT molecular complexity index is 1860. The second-order valence-corrected chi connectivity index (χ2v) is 12.0. The SMILES string of the molecule is CCc1ccc(C(=O)N2c3ccccc3[C@H](N(C(=O)c3sc4cc([N+](=O)[O-])ccc4c3Cl)c3ccccc3)C[C@@H]2C)cc1. The van der Waals surface area contributed by atoms with Crippen molar-refractivity contribution in [2.24, 2.45) is 0 Å². The molecule has 2 heterocycles. The van der Waals surface area contributed by atoms with Crippen LogP contribution in [0.15, 0.2) is 97.1 Å². The number of anilines is 2. The molecule has 0 radical (unpaired) electrons. The van der Waals surface area contributed by atoms with E-state index >= 15 is 0 Å². The third kappa shape index (κ3) is 5.17. The molecule has 0 saturated heterocycles. The van der Waals surface area contributed by atoms with Gasteiger partial charge in [0.2, 0.25) is 0 Å². The normalized spacial score (nSPS) is 16.1. The Balaban J connectivity index is 1.45. The summed E-state index contributed by atoms with van der Waals surface area (Å²) in [6, 6.07) is 28.6. The summed E-state index contributed by atoms with van der Waals surface area (Å²) < 4.78 is 0.568. The Morgan fingerprint density at radius 1 is 1.00 bits per heavy atom. The van der Waals surface area contributed by atoms with Gasteiger partial charge >= 0.3 is 0 Å². The molecule has 5 aromatic rings. The van der Waals surface area contributed by atoms with E-state index in [0.717, 1.165) is 34.6 Å². The first-order chi connectivity index (χ1) is 20.8. The van der Waals surface area contributed by atoms with Crippen molar-refractivity contribution in [2.45, 2.75) is 38.8 Å². The lowest BCUT2D eigenvalue weighted by atomic mass is 9.89. The molecule has 7 nitrogen and oxygen atoms in total. The lowest BCUT2D eigenvalue weighted by molar-refractivity contribution is -0.384. The van der Waals surface area contributed by atoms with E-state index in [-0.39, 0.29) is 28.6 Å². The van der Waals surface area contributed by atoms with E-state index in [9.17, 15) is 19.7 Å². The second-order valence-electron chi connectivity index (χ2n) is 10.6. The molecule has 1 aliphatic rings. The molecule has 2 amide bonds. The van der Waals surface area contributed by atoms with Crippen LogP contribution in [0.25, 0.3) is 10.1 Å². The molecule has 0 N–H and O–H groups in total. The van der Waals surface area contributed by atoms with Gasteiger partial charge in [0.1, 0.15) is 4.88 Å². The summed E-state index contributed by atoms with van der Waals surface area (Å²) in [4.78, 5) is 43.2. The smallest absolute Gasteiger partial charge is 0.270 e. The van der Waals surface area contributed by atoms with Gasteiger partial charge in [-0.1, -0.05) is 67.1 Å². The predicted octanol–water partition coefficient (Wildman–Crippen LogP) is 8.85. The van der Waals surface area contributed by atoms with Crippen molar-refractivity contribution in [1.29, 1.82) is 0 Å². The average Bonchev–Trinajstić information content (AvgIpc) is 3.37. The third-order valence-corrected chi connectivity index (χ3v) is 9.62. The van der Waals surface area contributed by atoms with Crippen LogP contribution in [-0.2, 0) is 6.42 Å². The zero-order chi connectivity index (χ0) is 30.2. The summed E-state index contributed by atoms with van der Waals surface area (Å²) in [5, 5.41) is 12.2. The highest BCUT2D eigenvalue weighted by Crippen LogP contribution is 2.45. The van der Waals surface area contributed by atoms with Crippen LogP contribution in [0.1, 0.15) is 57.5 Å². The lowest BCUT2D eigenvalue weighted by Gasteiger charge is -2.43. The zero-order valence-corrected chi connectivity index (χ0v) is 25.1. The highest BCUT2D eigenvalue weighted by Gasteiger charge is 2.40. The topological polar surface area (TPSA) is 83.8 Å². The number of halogens is 1. The van der Waals surface area contributed by atoms with Crippen molar-refractivity contribution < 1.29 is 14.5 Å². The molecule has 0 unspecified atom stereocenters. The maximum atomic E-state index is 14.5. The number of carbonyl (C=O) groups excluding carboxylic acids is 2. The van der Waals surface area contributed by atoms with E-state index in [0.29, 0.717) is 32.6 Å². The van der Waals surface area contributed by atoms with Crippen LogP contribution in [0.3, 0.4) is 0 Å². The van der Waals surface area contributed by atoms with Crippen LogP contribution < -0.4 is 9.80 Å². The van der Waals surface area contributed by atoms with Gasteiger partial charge in [-0.3, -0.25) is 24.6 Å². The van der Waals surface area contributed by atoms with E-state index in [1.165, 1.54) is 12.1 Å². The van der Waals surface area contributed by atoms with Gasteiger partial charge in [0.15, 0.2) is 0 Å². The van der Waals surface area contributed by atoms with Crippen LogP contribution in [0.5, 0.6) is 0 Å². The van der Waals surface area contributed by atoms with Crippen molar-refractivity contribution in [3.63, 3.8) is 0 Å². The summed E-state index contributed by atoms with van der Waals surface area (Å²) in [5.74, 6) is -0.394. The van der Waals surface area contributed by atoms with Gasteiger partial charge in [-0.05, 0) is 67.3 Å². The molecule has 216 valence electrons. The number of rotatable bonds is 6. The fraction of sp³-hybridized carbons (Fsp3) is 0.176.